The number of benzene rings is 2. The van der Waals surface area contributed by atoms with Crippen LogP contribution in [-0.4, -0.2) is 13.7 Å². The van der Waals surface area contributed by atoms with Crippen molar-refractivity contribution in [2.24, 2.45) is 5.41 Å². The predicted octanol–water partition coefficient (Wildman–Crippen LogP) is 5.16. The SMILES string of the molecule is COCC(C)(C)C(C)(I)c1ccc2ccccc2c1. The van der Waals surface area contributed by atoms with E-state index < -0.39 is 0 Å². The van der Waals surface area contributed by atoms with Gasteiger partial charge in [0.1, 0.15) is 0 Å². The molecule has 0 heterocycles. The van der Waals surface area contributed by atoms with E-state index in [1.807, 2.05) is 0 Å². The second kappa shape index (κ2) is 5.41. The van der Waals surface area contributed by atoms with Crippen molar-refractivity contribution in [3.05, 3.63) is 48.0 Å². The summed E-state index contributed by atoms with van der Waals surface area (Å²) < 4.78 is 5.43. The van der Waals surface area contributed by atoms with Crippen molar-refractivity contribution >= 4 is 33.4 Å². The van der Waals surface area contributed by atoms with Crippen LogP contribution >= 0.6 is 22.6 Å². The molecule has 0 aliphatic heterocycles. The number of alkyl halides is 1. The molecule has 0 spiro atoms. The molecular weight excluding hydrogens is 347 g/mol. The van der Waals surface area contributed by atoms with E-state index in [-0.39, 0.29) is 8.84 Å². The predicted molar refractivity (Wildman–Crippen MR) is 91.0 cm³/mol. The molecule has 2 heteroatoms. The van der Waals surface area contributed by atoms with E-state index >= 15 is 0 Å². The largest absolute Gasteiger partial charge is 0.384 e. The first-order valence-corrected chi connectivity index (χ1v) is 7.63. The van der Waals surface area contributed by atoms with Crippen molar-refractivity contribution < 1.29 is 4.74 Å². The minimum absolute atomic E-state index is 0.0325. The molecule has 0 N–H and O–H groups in total. The molecule has 1 atom stereocenters. The van der Waals surface area contributed by atoms with Crippen LogP contribution in [0.15, 0.2) is 42.5 Å². The molecule has 2 rings (SSSR count). The minimum Gasteiger partial charge on any atom is -0.384 e. The molecular formula is C17H21IO. The zero-order chi connectivity index (χ0) is 14.1. The molecule has 0 amide bonds. The summed E-state index contributed by atoms with van der Waals surface area (Å²) in [5.41, 5.74) is 1.43. The topological polar surface area (TPSA) is 9.23 Å². The maximum Gasteiger partial charge on any atom is 0.0529 e. The van der Waals surface area contributed by atoms with Gasteiger partial charge in [-0.15, -0.1) is 0 Å². The zero-order valence-electron chi connectivity index (χ0n) is 12.0. The summed E-state index contributed by atoms with van der Waals surface area (Å²) in [4.78, 5) is 0. The van der Waals surface area contributed by atoms with Crippen LogP contribution in [-0.2, 0) is 8.16 Å². The molecule has 1 nitrogen and oxygen atoms in total. The summed E-state index contributed by atoms with van der Waals surface area (Å²) >= 11 is 2.56. The highest BCUT2D eigenvalue weighted by Gasteiger charge is 2.40. The van der Waals surface area contributed by atoms with Crippen LogP contribution in [0, 0.1) is 5.41 Å². The van der Waals surface area contributed by atoms with Crippen molar-refractivity contribution in [1.82, 2.24) is 0 Å². The fraction of sp³-hybridized carbons (Fsp3) is 0.412. The molecule has 0 bridgehead atoms. The number of hydrogen-bond acceptors (Lipinski definition) is 1. The van der Waals surface area contributed by atoms with Gasteiger partial charge < -0.3 is 4.74 Å². The van der Waals surface area contributed by atoms with E-state index in [4.69, 9.17) is 4.74 Å². The highest BCUT2D eigenvalue weighted by atomic mass is 127. The zero-order valence-corrected chi connectivity index (χ0v) is 14.2. The van der Waals surface area contributed by atoms with Crippen LogP contribution in [0.3, 0.4) is 0 Å². The molecule has 2 aromatic carbocycles. The van der Waals surface area contributed by atoms with Crippen LogP contribution in [0.2, 0.25) is 0 Å². The lowest BCUT2D eigenvalue weighted by molar-refractivity contribution is 0.0833. The number of methoxy groups -OCH3 is 1. The van der Waals surface area contributed by atoms with Gasteiger partial charge in [0.15, 0.2) is 0 Å². The van der Waals surface area contributed by atoms with Gasteiger partial charge in [-0.2, -0.15) is 0 Å². The molecule has 0 aliphatic carbocycles. The number of fused-ring (bicyclic) bond motifs is 1. The van der Waals surface area contributed by atoms with Crippen LogP contribution in [0.25, 0.3) is 10.8 Å². The van der Waals surface area contributed by atoms with Crippen molar-refractivity contribution in [3.8, 4) is 0 Å². The first-order valence-electron chi connectivity index (χ1n) is 6.55. The average molecular weight is 368 g/mol. The van der Waals surface area contributed by atoms with E-state index in [0.717, 1.165) is 6.61 Å². The standard InChI is InChI=1S/C17H21IO/c1-16(2,12-19-4)17(3,18)15-10-9-13-7-5-6-8-14(13)11-15/h5-11H,12H2,1-4H3. The second-order valence-electron chi connectivity index (χ2n) is 5.88. The van der Waals surface area contributed by atoms with Gasteiger partial charge >= 0.3 is 0 Å². The van der Waals surface area contributed by atoms with Crippen molar-refractivity contribution in [3.63, 3.8) is 0 Å². The smallest absolute Gasteiger partial charge is 0.0529 e. The van der Waals surface area contributed by atoms with Gasteiger partial charge in [-0.1, -0.05) is 72.8 Å². The van der Waals surface area contributed by atoms with Crippen molar-refractivity contribution in [2.75, 3.05) is 13.7 Å². The first-order chi connectivity index (χ1) is 8.88. The fourth-order valence-corrected chi connectivity index (χ4v) is 2.86. The molecule has 0 saturated heterocycles. The maximum absolute atomic E-state index is 5.40. The molecule has 102 valence electrons. The third-order valence-corrected chi connectivity index (χ3v) is 6.15. The van der Waals surface area contributed by atoms with Crippen molar-refractivity contribution in [2.45, 2.75) is 24.2 Å². The molecule has 0 aromatic heterocycles. The van der Waals surface area contributed by atoms with Crippen LogP contribution in [0.1, 0.15) is 26.3 Å². The summed E-state index contributed by atoms with van der Waals surface area (Å²) in [5.74, 6) is 0. The third kappa shape index (κ3) is 2.79. The Labute approximate surface area is 129 Å². The lowest BCUT2D eigenvalue weighted by Crippen LogP contribution is -2.37. The van der Waals surface area contributed by atoms with Gasteiger partial charge in [-0.25, -0.2) is 0 Å². The summed E-state index contributed by atoms with van der Waals surface area (Å²) in [6.45, 7) is 7.56. The Balaban J connectivity index is 2.48. The van der Waals surface area contributed by atoms with E-state index in [1.54, 1.807) is 7.11 Å². The third-order valence-electron chi connectivity index (χ3n) is 4.07. The highest BCUT2D eigenvalue weighted by Crippen LogP contribution is 2.47. The van der Waals surface area contributed by atoms with E-state index in [2.05, 4.69) is 85.8 Å². The van der Waals surface area contributed by atoms with Gasteiger partial charge in [0.05, 0.1) is 10.0 Å². The van der Waals surface area contributed by atoms with Gasteiger partial charge in [-0.3, -0.25) is 0 Å². The Morgan fingerprint density at radius 3 is 2.26 bits per heavy atom. The molecule has 1 unspecified atom stereocenters. The molecule has 0 fully saturated rings. The Hall–Kier alpha value is -0.610. The highest BCUT2D eigenvalue weighted by molar-refractivity contribution is 14.1. The summed E-state index contributed by atoms with van der Waals surface area (Å²) in [5, 5.41) is 2.60. The lowest BCUT2D eigenvalue weighted by Gasteiger charge is -2.40. The van der Waals surface area contributed by atoms with Crippen LogP contribution in [0.4, 0.5) is 0 Å². The minimum atomic E-state index is 0.0325. The average Bonchev–Trinajstić information content (AvgIpc) is 2.38. The van der Waals surface area contributed by atoms with E-state index in [0.29, 0.717) is 0 Å². The fourth-order valence-electron chi connectivity index (χ4n) is 2.37. The lowest BCUT2D eigenvalue weighted by atomic mass is 9.76. The maximum atomic E-state index is 5.40. The number of halogens is 1. The molecule has 2 aromatic rings. The molecule has 19 heavy (non-hydrogen) atoms. The van der Waals surface area contributed by atoms with Crippen LogP contribution in [0.5, 0.6) is 0 Å². The molecule has 0 radical (unpaired) electrons. The Bertz CT molecular complexity index is 572. The summed E-state index contributed by atoms with van der Waals surface area (Å²) in [7, 11) is 1.77. The number of hydrogen-bond donors (Lipinski definition) is 0. The van der Waals surface area contributed by atoms with Gasteiger partial charge in [0.25, 0.3) is 0 Å². The van der Waals surface area contributed by atoms with Crippen LogP contribution < -0.4 is 0 Å². The number of rotatable bonds is 4. The Kier molecular flexibility index (Phi) is 4.21. The summed E-state index contributed by atoms with van der Waals surface area (Å²) in [6.07, 6.45) is 0. The Morgan fingerprint density at radius 1 is 1.00 bits per heavy atom. The molecule has 0 saturated carbocycles. The van der Waals surface area contributed by atoms with Gasteiger partial charge in [0, 0.05) is 12.5 Å². The monoisotopic (exact) mass is 368 g/mol. The van der Waals surface area contributed by atoms with Gasteiger partial charge in [0.2, 0.25) is 0 Å². The number of ether oxygens (including phenoxy) is 1. The van der Waals surface area contributed by atoms with Gasteiger partial charge in [-0.05, 0) is 29.3 Å². The normalized spacial score (nSPS) is 15.4. The van der Waals surface area contributed by atoms with Crippen molar-refractivity contribution in [1.29, 1.82) is 0 Å². The van der Waals surface area contributed by atoms with E-state index in [9.17, 15) is 0 Å². The molecule has 0 aliphatic rings. The first kappa shape index (κ1) is 14.8. The summed E-state index contributed by atoms with van der Waals surface area (Å²) in [6, 6.07) is 15.3. The Morgan fingerprint density at radius 2 is 1.63 bits per heavy atom. The quantitative estimate of drug-likeness (QED) is 0.535. The van der Waals surface area contributed by atoms with E-state index in [1.165, 1.54) is 16.3 Å². The second-order valence-corrected chi connectivity index (χ2v) is 8.04.